The second kappa shape index (κ2) is 4.62. The first kappa shape index (κ1) is 11.6. The number of benzene rings is 1. The molecule has 0 spiro atoms. The van der Waals surface area contributed by atoms with E-state index >= 15 is 0 Å². The number of fused-ring (bicyclic) bond motifs is 1. The second-order valence-corrected chi connectivity index (χ2v) is 5.52. The Kier molecular flexibility index (Phi) is 2.97. The number of nitrogens with two attached hydrogens (primary N) is 1. The van der Waals surface area contributed by atoms with Crippen molar-refractivity contribution in [2.45, 2.75) is 10.1 Å². The van der Waals surface area contributed by atoms with Gasteiger partial charge in [0.25, 0.3) is 0 Å². The molecule has 0 aliphatic heterocycles. The smallest absolute Gasteiger partial charge is 0.142 e. The zero-order valence-corrected chi connectivity index (χ0v) is 11.6. The lowest BCUT2D eigenvalue weighted by atomic mass is 10.3. The number of nitrogen functional groups attached to an aromatic ring is 1. The molecule has 0 saturated heterocycles. The SMILES string of the molecule is Nc1ncnc(Sc2cc3ccccc3[nH]2)c1Br. The van der Waals surface area contributed by atoms with Crippen LogP contribution >= 0.6 is 27.7 Å². The average Bonchev–Trinajstić information content (AvgIpc) is 2.77. The second-order valence-electron chi connectivity index (χ2n) is 3.70. The summed E-state index contributed by atoms with van der Waals surface area (Å²) < 4.78 is 0.730. The van der Waals surface area contributed by atoms with Gasteiger partial charge in [-0.3, -0.25) is 0 Å². The van der Waals surface area contributed by atoms with Crippen molar-refractivity contribution in [2.24, 2.45) is 0 Å². The van der Waals surface area contributed by atoms with Crippen LogP contribution in [0.15, 0.2) is 51.2 Å². The first-order chi connectivity index (χ1) is 8.74. The summed E-state index contributed by atoms with van der Waals surface area (Å²) in [6.07, 6.45) is 1.46. The minimum absolute atomic E-state index is 0.448. The van der Waals surface area contributed by atoms with Crippen LogP contribution in [0.25, 0.3) is 10.9 Å². The number of nitrogens with zero attached hydrogens (tertiary/aromatic N) is 2. The van der Waals surface area contributed by atoms with Crippen molar-refractivity contribution in [3.05, 3.63) is 41.1 Å². The summed E-state index contributed by atoms with van der Waals surface area (Å²) in [5.41, 5.74) is 6.84. The standard InChI is InChI=1S/C12H9BrN4S/c13-10-11(14)15-6-16-12(10)18-9-5-7-3-1-2-4-8(7)17-9/h1-6,17H,(H2,14,15,16). The molecule has 0 radical (unpaired) electrons. The Morgan fingerprint density at radius 3 is 2.89 bits per heavy atom. The number of hydrogen-bond acceptors (Lipinski definition) is 4. The van der Waals surface area contributed by atoms with Gasteiger partial charge < -0.3 is 10.7 Å². The van der Waals surface area contributed by atoms with Crippen molar-refractivity contribution in [3.63, 3.8) is 0 Å². The third kappa shape index (κ3) is 2.09. The summed E-state index contributed by atoms with van der Waals surface area (Å²) in [7, 11) is 0. The lowest BCUT2D eigenvalue weighted by Gasteiger charge is -2.02. The lowest BCUT2D eigenvalue weighted by molar-refractivity contribution is 1.03. The predicted molar refractivity (Wildman–Crippen MR) is 76.6 cm³/mol. The Morgan fingerprint density at radius 1 is 1.22 bits per heavy atom. The largest absolute Gasteiger partial charge is 0.383 e. The lowest BCUT2D eigenvalue weighted by Crippen LogP contribution is -1.94. The summed E-state index contributed by atoms with van der Waals surface area (Å²) in [6.45, 7) is 0. The fourth-order valence-electron chi connectivity index (χ4n) is 1.64. The Balaban J connectivity index is 1.99. The van der Waals surface area contributed by atoms with Gasteiger partial charge in [-0.2, -0.15) is 0 Å². The highest BCUT2D eigenvalue weighted by Gasteiger charge is 2.09. The van der Waals surface area contributed by atoms with Crippen LogP contribution in [0.5, 0.6) is 0 Å². The van der Waals surface area contributed by atoms with Gasteiger partial charge in [-0.15, -0.1) is 0 Å². The molecule has 3 rings (SSSR count). The Morgan fingerprint density at radius 2 is 2.06 bits per heavy atom. The number of nitrogens with one attached hydrogen (secondary N) is 1. The monoisotopic (exact) mass is 320 g/mol. The number of H-pyrrole nitrogens is 1. The van der Waals surface area contributed by atoms with Gasteiger partial charge in [-0.1, -0.05) is 30.0 Å². The van der Waals surface area contributed by atoms with Crippen molar-refractivity contribution in [2.75, 3.05) is 5.73 Å². The molecule has 0 aliphatic carbocycles. The first-order valence-corrected chi connectivity index (χ1v) is 6.86. The number of aromatic nitrogens is 3. The molecule has 0 aliphatic rings. The fourth-order valence-corrected chi connectivity index (χ4v) is 2.94. The minimum Gasteiger partial charge on any atom is -0.383 e. The molecule has 4 nitrogen and oxygen atoms in total. The topological polar surface area (TPSA) is 67.6 Å². The quantitative estimate of drug-likeness (QED) is 0.709. The molecule has 0 unspecified atom stereocenters. The van der Waals surface area contributed by atoms with E-state index in [1.54, 1.807) is 0 Å². The van der Waals surface area contributed by atoms with Crippen LogP contribution in [0.2, 0.25) is 0 Å². The summed E-state index contributed by atoms with van der Waals surface area (Å²) in [5.74, 6) is 0.448. The normalized spacial score (nSPS) is 10.9. The Bertz CT molecular complexity index is 677. The van der Waals surface area contributed by atoms with Crippen LogP contribution in [0.3, 0.4) is 0 Å². The van der Waals surface area contributed by atoms with Crippen LogP contribution in [0, 0.1) is 0 Å². The third-order valence-corrected chi connectivity index (χ3v) is 4.48. The van der Waals surface area contributed by atoms with Crippen molar-refractivity contribution in [3.8, 4) is 0 Å². The number of rotatable bonds is 2. The van der Waals surface area contributed by atoms with Gasteiger partial charge in [0.15, 0.2) is 0 Å². The molecule has 0 amide bonds. The minimum atomic E-state index is 0.448. The van der Waals surface area contributed by atoms with Crippen LogP contribution < -0.4 is 5.73 Å². The van der Waals surface area contributed by atoms with Crippen molar-refractivity contribution < 1.29 is 0 Å². The average molecular weight is 321 g/mol. The molecule has 1 aromatic carbocycles. The maximum absolute atomic E-state index is 5.73. The zero-order chi connectivity index (χ0) is 12.5. The van der Waals surface area contributed by atoms with Crippen LogP contribution in [-0.4, -0.2) is 15.0 Å². The van der Waals surface area contributed by atoms with Crippen molar-refractivity contribution >= 4 is 44.4 Å². The summed E-state index contributed by atoms with van der Waals surface area (Å²) >= 11 is 4.92. The van der Waals surface area contributed by atoms with Crippen molar-refractivity contribution in [1.29, 1.82) is 0 Å². The van der Waals surface area contributed by atoms with E-state index in [1.807, 2.05) is 18.2 Å². The predicted octanol–water partition coefficient (Wildman–Crippen LogP) is 3.45. The van der Waals surface area contributed by atoms with Crippen LogP contribution in [0.4, 0.5) is 5.82 Å². The molecule has 90 valence electrons. The molecule has 0 atom stereocenters. The van der Waals surface area contributed by atoms with E-state index in [0.717, 1.165) is 20.0 Å². The fraction of sp³-hybridized carbons (Fsp3) is 0. The van der Waals surface area contributed by atoms with Gasteiger partial charge >= 0.3 is 0 Å². The molecule has 6 heteroatoms. The van der Waals surface area contributed by atoms with Gasteiger partial charge in [0.2, 0.25) is 0 Å². The van der Waals surface area contributed by atoms with E-state index in [9.17, 15) is 0 Å². The van der Waals surface area contributed by atoms with E-state index in [2.05, 4.69) is 43.0 Å². The molecule has 0 saturated carbocycles. The summed E-state index contributed by atoms with van der Waals surface area (Å²) in [4.78, 5) is 11.5. The highest BCUT2D eigenvalue weighted by atomic mass is 79.9. The first-order valence-electron chi connectivity index (χ1n) is 5.25. The maximum Gasteiger partial charge on any atom is 0.142 e. The summed E-state index contributed by atoms with van der Waals surface area (Å²) in [5, 5.41) is 3.00. The summed E-state index contributed by atoms with van der Waals surface area (Å²) in [6, 6.07) is 10.2. The van der Waals surface area contributed by atoms with E-state index in [0.29, 0.717) is 5.82 Å². The van der Waals surface area contributed by atoms with Gasteiger partial charge in [0.1, 0.15) is 17.2 Å². The molecular formula is C12H9BrN4S. The molecular weight excluding hydrogens is 312 g/mol. The molecule has 3 aromatic rings. The number of aromatic amines is 1. The maximum atomic E-state index is 5.73. The van der Waals surface area contributed by atoms with Crippen molar-refractivity contribution in [1.82, 2.24) is 15.0 Å². The third-order valence-electron chi connectivity index (χ3n) is 2.50. The van der Waals surface area contributed by atoms with E-state index in [1.165, 1.54) is 23.5 Å². The number of halogens is 1. The highest BCUT2D eigenvalue weighted by molar-refractivity contribution is 9.10. The molecule has 2 heterocycles. The van der Waals surface area contributed by atoms with Gasteiger partial charge in [0.05, 0.1) is 9.50 Å². The van der Waals surface area contributed by atoms with E-state index in [4.69, 9.17) is 5.73 Å². The van der Waals surface area contributed by atoms with Gasteiger partial charge in [-0.25, -0.2) is 9.97 Å². The van der Waals surface area contributed by atoms with Gasteiger partial charge in [0, 0.05) is 10.9 Å². The Hall–Kier alpha value is -1.53. The molecule has 0 fully saturated rings. The van der Waals surface area contributed by atoms with Gasteiger partial charge in [-0.05, 0) is 28.1 Å². The van der Waals surface area contributed by atoms with E-state index < -0.39 is 0 Å². The van der Waals surface area contributed by atoms with E-state index in [-0.39, 0.29) is 0 Å². The number of anilines is 1. The molecule has 2 aromatic heterocycles. The number of para-hydroxylation sites is 1. The molecule has 18 heavy (non-hydrogen) atoms. The van der Waals surface area contributed by atoms with Crippen LogP contribution in [0.1, 0.15) is 0 Å². The zero-order valence-electron chi connectivity index (χ0n) is 9.22. The molecule has 3 N–H and O–H groups in total. The Labute approximate surface area is 116 Å². The number of hydrogen-bond donors (Lipinski definition) is 2. The highest BCUT2D eigenvalue weighted by Crippen LogP contribution is 2.34. The molecule has 0 bridgehead atoms. The van der Waals surface area contributed by atoms with Crippen LogP contribution in [-0.2, 0) is 0 Å².